The Morgan fingerprint density at radius 3 is 2.56 bits per heavy atom. The molecule has 5 unspecified atom stereocenters. The van der Waals surface area contributed by atoms with Crippen molar-refractivity contribution in [1.82, 2.24) is 20.5 Å². The van der Waals surface area contributed by atoms with Gasteiger partial charge in [-0.25, -0.2) is 4.79 Å². The lowest BCUT2D eigenvalue weighted by molar-refractivity contribution is -0.144. The molecule has 1 aliphatic rings. The molecule has 8 N–H and O–H groups in total. The molecule has 1 aromatic carbocycles. The van der Waals surface area contributed by atoms with Gasteiger partial charge >= 0.3 is 5.97 Å². The van der Waals surface area contributed by atoms with E-state index in [4.69, 9.17) is 11.5 Å². The van der Waals surface area contributed by atoms with Crippen LogP contribution < -0.4 is 22.1 Å². The zero-order valence-electron chi connectivity index (χ0n) is 22.3. The highest BCUT2D eigenvalue weighted by Crippen LogP contribution is 2.22. The Morgan fingerprint density at radius 1 is 1.18 bits per heavy atom. The molecule has 2 heterocycles. The largest absolute Gasteiger partial charge is 0.480 e. The molecule has 0 aliphatic carbocycles. The van der Waals surface area contributed by atoms with Crippen LogP contribution in [0.3, 0.4) is 0 Å². The molecule has 12 nitrogen and oxygen atoms in total. The van der Waals surface area contributed by atoms with Crippen LogP contribution in [0.15, 0.2) is 30.5 Å². The summed E-state index contributed by atoms with van der Waals surface area (Å²) in [5.74, 6) is -3.69. The number of fused-ring (bicyclic) bond motifs is 1. The molecule has 1 aromatic heterocycles. The molecular formula is C27H38N6O6. The van der Waals surface area contributed by atoms with E-state index in [0.717, 1.165) is 16.5 Å². The third-order valence-electron chi connectivity index (χ3n) is 7.37. The van der Waals surface area contributed by atoms with Gasteiger partial charge in [0.1, 0.15) is 18.1 Å². The molecule has 1 fully saturated rings. The monoisotopic (exact) mass is 542 g/mol. The summed E-state index contributed by atoms with van der Waals surface area (Å²) in [6.07, 6.45) is 3.36. The number of aliphatic carboxylic acids is 1. The average Bonchev–Trinajstić information content (AvgIpc) is 3.56. The van der Waals surface area contributed by atoms with Gasteiger partial charge in [0.05, 0.1) is 6.04 Å². The molecule has 3 rings (SSSR count). The van der Waals surface area contributed by atoms with Gasteiger partial charge in [-0.2, -0.15) is 0 Å². The molecule has 212 valence electrons. The number of nitrogens with zero attached hydrogens (tertiary/aromatic N) is 1. The number of nitrogens with one attached hydrogen (secondary N) is 3. The Labute approximate surface area is 226 Å². The first-order valence-corrected chi connectivity index (χ1v) is 13.3. The lowest BCUT2D eigenvalue weighted by Gasteiger charge is -2.29. The second kappa shape index (κ2) is 13.2. The van der Waals surface area contributed by atoms with E-state index in [-0.39, 0.29) is 25.2 Å². The number of hydrogen-bond acceptors (Lipinski definition) is 6. The first-order valence-electron chi connectivity index (χ1n) is 13.3. The number of rotatable bonds is 13. The summed E-state index contributed by atoms with van der Waals surface area (Å²) in [6.45, 7) is 3.88. The van der Waals surface area contributed by atoms with Crippen molar-refractivity contribution >= 4 is 40.5 Å². The lowest BCUT2D eigenvalue weighted by atomic mass is 9.98. The van der Waals surface area contributed by atoms with Crippen LogP contribution in [0, 0.1) is 5.92 Å². The van der Waals surface area contributed by atoms with E-state index in [2.05, 4.69) is 15.6 Å². The van der Waals surface area contributed by atoms with Crippen LogP contribution in [0.5, 0.6) is 0 Å². The Morgan fingerprint density at radius 2 is 1.90 bits per heavy atom. The number of likely N-dealkylation sites (tertiary alicyclic amines) is 1. The number of benzene rings is 1. The predicted molar refractivity (Wildman–Crippen MR) is 144 cm³/mol. The Bertz CT molecular complexity index is 1210. The van der Waals surface area contributed by atoms with E-state index in [1.54, 1.807) is 13.1 Å². The number of carboxylic acids is 1. The van der Waals surface area contributed by atoms with Crippen LogP contribution in [0.4, 0.5) is 0 Å². The van der Waals surface area contributed by atoms with Crippen molar-refractivity contribution in [3.05, 3.63) is 36.0 Å². The van der Waals surface area contributed by atoms with Crippen molar-refractivity contribution < 1.29 is 29.1 Å². The highest BCUT2D eigenvalue weighted by atomic mass is 16.4. The van der Waals surface area contributed by atoms with Gasteiger partial charge in [0.25, 0.3) is 0 Å². The lowest BCUT2D eigenvalue weighted by Crippen LogP contribution is -2.57. The molecule has 12 heteroatoms. The number of amides is 4. The highest BCUT2D eigenvalue weighted by Gasteiger charge is 2.38. The maximum Gasteiger partial charge on any atom is 0.326 e. The molecule has 0 radical (unpaired) electrons. The third-order valence-corrected chi connectivity index (χ3v) is 7.37. The van der Waals surface area contributed by atoms with Gasteiger partial charge < -0.3 is 37.1 Å². The fraction of sp³-hybridized carbons (Fsp3) is 0.519. The van der Waals surface area contributed by atoms with Crippen molar-refractivity contribution in [2.24, 2.45) is 17.4 Å². The molecule has 5 atom stereocenters. The Kier molecular flexibility index (Phi) is 10.0. The van der Waals surface area contributed by atoms with E-state index in [9.17, 15) is 29.1 Å². The topological polar surface area (TPSA) is 201 Å². The summed E-state index contributed by atoms with van der Waals surface area (Å²) in [7, 11) is 0. The van der Waals surface area contributed by atoms with Gasteiger partial charge in [-0.3, -0.25) is 19.2 Å². The third kappa shape index (κ3) is 7.34. The first-order chi connectivity index (χ1) is 18.5. The number of carbonyl (C=O) groups excluding carboxylic acids is 4. The zero-order chi connectivity index (χ0) is 28.7. The standard InChI is InChI=1S/C27H38N6O6/c1-3-15(2)23(27(38)39)32-24(35)20(13-16-14-30-19-8-5-4-7-17(16)19)31-25(36)21-9-6-12-33(21)26(37)18(28)10-11-22(29)34/h4-5,7-8,14-15,18,20-21,23,30H,3,6,9-13,28H2,1-2H3,(H2,29,34)(H,31,36)(H,32,35)(H,38,39). The van der Waals surface area contributed by atoms with Crippen LogP contribution >= 0.6 is 0 Å². The summed E-state index contributed by atoms with van der Waals surface area (Å²) in [6, 6.07) is 3.46. The molecule has 2 aromatic rings. The van der Waals surface area contributed by atoms with Crippen molar-refractivity contribution in [3.63, 3.8) is 0 Å². The average molecular weight is 543 g/mol. The van der Waals surface area contributed by atoms with Gasteiger partial charge in [0.15, 0.2) is 0 Å². The minimum Gasteiger partial charge on any atom is -0.480 e. The summed E-state index contributed by atoms with van der Waals surface area (Å²) < 4.78 is 0. The van der Waals surface area contributed by atoms with E-state index in [0.29, 0.717) is 25.8 Å². The molecule has 0 saturated carbocycles. The SMILES string of the molecule is CCC(C)C(NC(=O)C(Cc1c[nH]c2ccccc12)NC(=O)C1CCCN1C(=O)C(N)CCC(N)=O)C(=O)O. The normalized spacial score (nSPS) is 18.2. The van der Waals surface area contributed by atoms with Crippen LogP contribution in [0.2, 0.25) is 0 Å². The highest BCUT2D eigenvalue weighted by molar-refractivity contribution is 5.95. The summed E-state index contributed by atoms with van der Waals surface area (Å²) in [5, 5.41) is 15.9. The second-order valence-corrected chi connectivity index (χ2v) is 10.1. The number of carboxylic acid groups (broad SMARTS) is 1. The maximum absolute atomic E-state index is 13.4. The number of aromatic nitrogens is 1. The smallest absolute Gasteiger partial charge is 0.326 e. The number of H-pyrrole nitrogens is 1. The minimum absolute atomic E-state index is 0.0502. The molecular weight excluding hydrogens is 504 g/mol. The van der Waals surface area contributed by atoms with Crippen molar-refractivity contribution in [2.45, 2.75) is 76.5 Å². The Balaban J connectivity index is 1.82. The second-order valence-electron chi connectivity index (χ2n) is 10.1. The number of nitrogens with two attached hydrogens (primary N) is 2. The quantitative estimate of drug-likeness (QED) is 0.210. The maximum atomic E-state index is 13.4. The van der Waals surface area contributed by atoms with Crippen LogP contribution in [-0.4, -0.2) is 75.3 Å². The van der Waals surface area contributed by atoms with Crippen LogP contribution in [0.1, 0.15) is 51.5 Å². The van der Waals surface area contributed by atoms with Crippen LogP contribution in [-0.2, 0) is 30.4 Å². The fourth-order valence-electron chi connectivity index (χ4n) is 4.87. The van der Waals surface area contributed by atoms with Gasteiger partial charge in [0.2, 0.25) is 23.6 Å². The van der Waals surface area contributed by atoms with Crippen molar-refractivity contribution in [3.8, 4) is 0 Å². The first kappa shape index (κ1) is 29.6. The van der Waals surface area contributed by atoms with Gasteiger partial charge in [0, 0.05) is 36.5 Å². The van der Waals surface area contributed by atoms with E-state index in [1.807, 2.05) is 31.2 Å². The zero-order valence-corrected chi connectivity index (χ0v) is 22.3. The fourth-order valence-corrected chi connectivity index (χ4v) is 4.87. The van der Waals surface area contributed by atoms with E-state index < -0.39 is 53.8 Å². The van der Waals surface area contributed by atoms with Gasteiger partial charge in [-0.15, -0.1) is 0 Å². The summed E-state index contributed by atoms with van der Waals surface area (Å²) in [4.78, 5) is 67.3. The van der Waals surface area contributed by atoms with Crippen LogP contribution in [0.25, 0.3) is 10.9 Å². The number of hydrogen-bond donors (Lipinski definition) is 6. The predicted octanol–water partition coefficient (Wildman–Crippen LogP) is 0.395. The van der Waals surface area contributed by atoms with Crippen molar-refractivity contribution in [2.75, 3.05) is 6.54 Å². The van der Waals surface area contributed by atoms with Gasteiger partial charge in [-0.1, -0.05) is 38.5 Å². The Hall–Kier alpha value is -3.93. The van der Waals surface area contributed by atoms with Crippen molar-refractivity contribution in [1.29, 1.82) is 0 Å². The molecule has 4 amide bonds. The number of para-hydroxylation sites is 1. The number of aromatic amines is 1. The number of carbonyl (C=O) groups is 5. The van der Waals surface area contributed by atoms with E-state index >= 15 is 0 Å². The number of primary amides is 1. The minimum atomic E-state index is -1.16. The molecule has 1 saturated heterocycles. The summed E-state index contributed by atoms with van der Waals surface area (Å²) >= 11 is 0. The van der Waals surface area contributed by atoms with E-state index in [1.165, 1.54) is 4.90 Å². The molecule has 39 heavy (non-hydrogen) atoms. The molecule has 0 bridgehead atoms. The summed E-state index contributed by atoms with van der Waals surface area (Å²) in [5.41, 5.74) is 12.8. The van der Waals surface area contributed by atoms with Gasteiger partial charge in [-0.05, 0) is 36.8 Å². The molecule has 0 spiro atoms. The molecule has 1 aliphatic heterocycles.